The fourth-order valence-electron chi connectivity index (χ4n) is 2.90. The average molecular weight is 274 g/mol. The van der Waals surface area contributed by atoms with Crippen molar-refractivity contribution >= 4 is 16.9 Å². The van der Waals surface area contributed by atoms with Gasteiger partial charge in [0.25, 0.3) is 0 Å². The Morgan fingerprint density at radius 1 is 1.35 bits per heavy atom. The molecule has 1 aliphatic rings. The molecule has 0 amide bonds. The van der Waals surface area contributed by atoms with Crippen molar-refractivity contribution in [1.82, 2.24) is 9.63 Å². The first-order chi connectivity index (χ1) is 9.61. The maximum absolute atomic E-state index is 11.6. The number of rotatable bonds is 2. The molecule has 2 aromatic rings. The zero-order valence-corrected chi connectivity index (χ0v) is 11.9. The number of aromatic nitrogens is 1. The highest BCUT2D eigenvalue weighted by atomic mass is 16.7. The summed E-state index contributed by atoms with van der Waals surface area (Å²) in [6.45, 7) is 0. The Bertz CT molecular complexity index is 650. The molecular weight excluding hydrogens is 256 g/mol. The lowest BCUT2D eigenvalue weighted by atomic mass is 10.0. The monoisotopic (exact) mass is 274 g/mol. The van der Waals surface area contributed by atoms with Crippen molar-refractivity contribution < 1.29 is 14.4 Å². The highest BCUT2D eigenvalue weighted by Gasteiger charge is 2.38. The summed E-state index contributed by atoms with van der Waals surface area (Å²) < 4.78 is 6.86. The predicted molar refractivity (Wildman–Crippen MR) is 74.9 cm³/mol. The van der Waals surface area contributed by atoms with Crippen LogP contribution in [0.2, 0.25) is 0 Å². The van der Waals surface area contributed by atoms with Crippen LogP contribution in [0.25, 0.3) is 10.9 Å². The number of para-hydroxylation sites is 1. The van der Waals surface area contributed by atoms with Crippen LogP contribution in [-0.4, -0.2) is 35.9 Å². The van der Waals surface area contributed by atoms with Gasteiger partial charge in [0.1, 0.15) is 0 Å². The molecule has 3 rings (SSSR count). The number of carbonyl (C=O) groups is 1. The standard InChI is InChI=1S/C15H18N2O3/c1-16-9-11(10-6-4-5-7-12(10)16)13-8-14(15(18)19-3)20-17(13)2/h4-7,9,13-14H,8H2,1-3H3/t13-,14-/m1/s1. The molecule has 2 atom stereocenters. The maximum Gasteiger partial charge on any atom is 0.337 e. The molecule has 0 bridgehead atoms. The van der Waals surface area contributed by atoms with Gasteiger partial charge in [-0.1, -0.05) is 18.2 Å². The molecule has 0 saturated carbocycles. The summed E-state index contributed by atoms with van der Waals surface area (Å²) in [6.07, 6.45) is 2.19. The van der Waals surface area contributed by atoms with Gasteiger partial charge < -0.3 is 9.30 Å². The molecule has 1 fully saturated rings. The fraction of sp³-hybridized carbons (Fsp3) is 0.400. The molecule has 106 valence electrons. The number of benzene rings is 1. The number of hydrogen-bond donors (Lipinski definition) is 0. The number of ether oxygens (including phenoxy) is 1. The summed E-state index contributed by atoms with van der Waals surface area (Å²) in [7, 11) is 5.27. The molecule has 0 N–H and O–H groups in total. The first kappa shape index (κ1) is 13.1. The Morgan fingerprint density at radius 2 is 2.10 bits per heavy atom. The van der Waals surface area contributed by atoms with Crippen molar-refractivity contribution in [1.29, 1.82) is 0 Å². The second-order valence-electron chi connectivity index (χ2n) is 5.13. The summed E-state index contributed by atoms with van der Waals surface area (Å²) in [6, 6.07) is 8.30. The lowest BCUT2D eigenvalue weighted by molar-refractivity contribution is -0.179. The number of hydroxylamine groups is 2. The van der Waals surface area contributed by atoms with Gasteiger partial charge in [0.05, 0.1) is 13.2 Å². The van der Waals surface area contributed by atoms with E-state index in [0.717, 1.165) is 0 Å². The fourth-order valence-corrected chi connectivity index (χ4v) is 2.90. The smallest absolute Gasteiger partial charge is 0.337 e. The summed E-state index contributed by atoms with van der Waals surface area (Å²) in [5, 5.41) is 2.95. The first-order valence-electron chi connectivity index (χ1n) is 6.63. The number of aryl methyl sites for hydroxylation is 1. The number of esters is 1. The van der Waals surface area contributed by atoms with Crippen molar-refractivity contribution in [3.63, 3.8) is 0 Å². The Balaban J connectivity index is 1.97. The third-order valence-corrected chi connectivity index (χ3v) is 3.92. The molecule has 5 heteroatoms. The van der Waals surface area contributed by atoms with E-state index in [1.54, 1.807) is 5.06 Å². The minimum atomic E-state index is -0.519. The second-order valence-corrected chi connectivity index (χ2v) is 5.13. The summed E-state index contributed by atoms with van der Waals surface area (Å²) in [5.74, 6) is -0.320. The van der Waals surface area contributed by atoms with Crippen LogP contribution in [0.15, 0.2) is 30.5 Å². The Kier molecular flexibility index (Phi) is 3.23. The molecule has 5 nitrogen and oxygen atoms in total. The quantitative estimate of drug-likeness (QED) is 0.786. The largest absolute Gasteiger partial charge is 0.467 e. The number of hydrogen-bond acceptors (Lipinski definition) is 4. The van der Waals surface area contributed by atoms with E-state index in [0.29, 0.717) is 6.42 Å². The van der Waals surface area contributed by atoms with E-state index < -0.39 is 6.10 Å². The molecule has 2 heterocycles. The lowest BCUT2D eigenvalue weighted by Gasteiger charge is -2.16. The Morgan fingerprint density at radius 3 is 2.85 bits per heavy atom. The van der Waals surface area contributed by atoms with E-state index in [1.165, 1.54) is 23.6 Å². The Hall–Kier alpha value is -1.85. The molecule has 1 aromatic carbocycles. The first-order valence-corrected chi connectivity index (χ1v) is 6.63. The molecule has 0 unspecified atom stereocenters. The van der Waals surface area contributed by atoms with E-state index in [-0.39, 0.29) is 12.0 Å². The van der Waals surface area contributed by atoms with Gasteiger partial charge in [0.15, 0.2) is 6.10 Å². The van der Waals surface area contributed by atoms with Crippen molar-refractivity contribution in [2.24, 2.45) is 7.05 Å². The second kappa shape index (κ2) is 4.92. The van der Waals surface area contributed by atoms with Gasteiger partial charge in [-0.05, 0) is 11.6 Å². The Labute approximate surface area is 117 Å². The summed E-state index contributed by atoms with van der Waals surface area (Å²) in [5.41, 5.74) is 2.36. The van der Waals surface area contributed by atoms with Crippen LogP contribution in [0, 0.1) is 0 Å². The van der Waals surface area contributed by atoms with E-state index in [1.807, 2.05) is 26.2 Å². The number of carbonyl (C=O) groups excluding carboxylic acids is 1. The van der Waals surface area contributed by atoms with E-state index in [2.05, 4.69) is 22.9 Å². The van der Waals surface area contributed by atoms with Crippen molar-refractivity contribution in [2.45, 2.75) is 18.6 Å². The minimum absolute atomic E-state index is 0.0604. The maximum atomic E-state index is 11.6. The van der Waals surface area contributed by atoms with Gasteiger partial charge in [0.2, 0.25) is 0 Å². The molecule has 0 spiro atoms. The van der Waals surface area contributed by atoms with Crippen LogP contribution >= 0.6 is 0 Å². The lowest BCUT2D eigenvalue weighted by Crippen LogP contribution is -2.23. The summed E-state index contributed by atoms with van der Waals surface area (Å²) in [4.78, 5) is 17.2. The molecule has 0 aliphatic carbocycles. The van der Waals surface area contributed by atoms with Gasteiger partial charge in [-0.25, -0.2) is 4.79 Å². The van der Waals surface area contributed by atoms with Crippen molar-refractivity contribution in [3.8, 4) is 0 Å². The van der Waals surface area contributed by atoms with E-state index in [4.69, 9.17) is 9.57 Å². The highest BCUT2D eigenvalue weighted by Crippen LogP contribution is 2.37. The van der Waals surface area contributed by atoms with Crippen LogP contribution in [0.1, 0.15) is 18.0 Å². The zero-order valence-electron chi connectivity index (χ0n) is 11.9. The highest BCUT2D eigenvalue weighted by molar-refractivity contribution is 5.84. The van der Waals surface area contributed by atoms with Gasteiger partial charge in [0, 0.05) is 37.6 Å². The van der Waals surface area contributed by atoms with Gasteiger partial charge >= 0.3 is 5.97 Å². The zero-order chi connectivity index (χ0) is 14.3. The third kappa shape index (κ3) is 1.99. The van der Waals surface area contributed by atoms with E-state index >= 15 is 0 Å². The molecule has 0 radical (unpaired) electrons. The summed E-state index contributed by atoms with van der Waals surface area (Å²) >= 11 is 0. The average Bonchev–Trinajstić information content (AvgIpc) is 3.00. The van der Waals surface area contributed by atoms with Gasteiger partial charge in [-0.15, -0.1) is 0 Å². The van der Waals surface area contributed by atoms with Crippen molar-refractivity contribution in [3.05, 3.63) is 36.0 Å². The molecule has 1 aromatic heterocycles. The topological polar surface area (TPSA) is 43.7 Å². The van der Waals surface area contributed by atoms with E-state index in [9.17, 15) is 4.79 Å². The van der Waals surface area contributed by atoms with Crippen LogP contribution in [0.3, 0.4) is 0 Å². The van der Waals surface area contributed by atoms with Crippen LogP contribution < -0.4 is 0 Å². The van der Waals surface area contributed by atoms with Crippen molar-refractivity contribution in [2.75, 3.05) is 14.2 Å². The SMILES string of the molecule is COC(=O)[C@H]1C[C@H](c2cn(C)c3ccccc23)N(C)O1. The van der Waals surface area contributed by atoms with Gasteiger partial charge in [-0.3, -0.25) is 4.84 Å². The van der Waals surface area contributed by atoms with Crippen LogP contribution in [0.4, 0.5) is 0 Å². The van der Waals surface area contributed by atoms with Crippen LogP contribution in [0.5, 0.6) is 0 Å². The predicted octanol–water partition coefficient (Wildman–Crippen LogP) is 2.03. The number of nitrogens with zero attached hydrogens (tertiary/aromatic N) is 2. The molecule has 1 saturated heterocycles. The van der Waals surface area contributed by atoms with Gasteiger partial charge in [-0.2, -0.15) is 5.06 Å². The molecule has 1 aliphatic heterocycles. The molecule has 20 heavy (non-hydrogen) atoms. The molecular formula is C15H18N2O3. The third-order valence-electron chi connectivity index (χ3n) is 3.92. The van der Waals surface area contributed by atoms with Crippen LogP contribution in [-0.2, 0) is 21.4 Å². The number of fused-ring (bicyclic) bond motifs is 1. The number of methoxy groups -OCH3 is 1. The minimum Gasteiger partial charge on any atom is -0.467 e. The normalized spacial score (nSPS) is 23.4.